The van der Waals surface area contributed by atoms with Crippen LogP contribution >= 0.6 is 22.9 Å². The monoisotopic (exact) mass is 1020 g/mol. The molecule has 5 N–H and O–H groups in total. The second kappa shape index (κ2) is 21.6. The van der Waals surface area contributed by atoms with Gasteiger partial charge in [0.15, 0.2) is 5.82 Å². The Balaban J connectivity index is 0.848. The van der Waals surface area contributed by atoms with Crippen molar-refractivity contribution in [2.75, 3.05) is 19.7 Å². The van der Waals surface area contributed by atoms with Gasteiger partial charge in [-0.25, -0.2) is 4.39 Å². The number of amides is 4. The predicted molar refractivity (Wildman–Crippen MR) is 276 cm³/mol. The molecule has 3 aromatic heterocycles. The largest absolute Gasteiger partial charge is 0.492 e. The number of nitrogens with zero attached hydrogens (tertiary/aromatic N) is 5. The second-order valence-corrected chi connectivity index (χ2v) is 21.1. The maximum Gasteiger partial charge on any atom is 0.246 e. The third kappa shape index (κ3) is 11.3. The van der Waals surface area contributed by atoms with Crippen molar-refractivity contribution in [3.05, 3.63) is 140 Å². The standard InChI is InChI=1S/C54H61ClFN9O6S/c1-29-21-24-72-48(29)36-11-9-34(10-12-36)32(4)59-52(69)43-26-39(66)28-64(43)53(70)49(54(6,7)8)61-44(67)20-15-37-25-40(18-19-41(37)56)71-23-22-57-45(68)27-42-50-63-62-33(5)65(50)51-46(30(2)31(3)58-51)47(60-42)35-13-16-38(55)17-14-35/h9-14,16-19,21,24-25,32,39,42-43,49,58,66H,15,20,22-23,26-28H2,1-8H3,(H,57,68)(H,59,69)(H,61,67)/t32-,39+,42-,43-,49+/m0/s1. The first kappa shape index (κ1) is 51.7. The van der Waals surface area contributed by atoms with Gasteiger partial charge >= 0.3 is 0 Å². The Morgan fingerprint density at radius 3 is 2.38 bits per heavy atom. The van der Waals surface area contributed by atoms with E-state index in [4.69, 9.17) is 21.3 Å². The van der Waals surface area contributed by atoms with Crippen LogP contribution in [0.3, 0.4) is 0 Å². The summed E-state index contributed by atoms with van der Waals surface area (Å²) in [5, 5.41) is 30.9. The second-order valence-electron chi connectivity index (χ2n) is 19.7. The van der Waals surface area contributed by atoms with Crippen LogP contribution in [0, 0.1) is 38.9 Å². The number of carbonyl (C=O) groups excluding carboxylic acids is 4. The molecule has 0 spiro atoms. The molecule has 2 aliphatic rings. The Kier molecular flexibility index (Phi) is 15.5. The quantitative estimate of drug-likeness (QED) is 0.0600. The van der Waals surface area contributed by atoms with Gasteiger partial charge < -0.3 is 35.7 Å². The number of aromatic nitrogens is 4. The number of fused-ring (bicyclic) bond motifs is 3. The Morgan fingerprint density at radius 2 is 1.68 bits per heavy atom. The summed E-state index contributed by atoms with van der Waals surface area (Å²) in [6.07, 6.45) is -1.04. The molecule has 15 nitrogen and oxygen atoms in total. The summed E-state index contributed by atoms with van der Waals surface area (Å²) in [7, 11) is 0. The molecule has 0 radical (unpaired) electrons. The molecule has 8 rings (SSSR count). The topological polar surface area (TPSA) is 196 Å². The molecular formula is C54H61ClFN9O6S. The van der Waals surface area contributed by atoms with Gasteiger partial charge in [0.25, 0.3) is 0 Å². The fourth-order valence-corrected chi connectivity index (χ4v) is 10.4. The normalized spacial score (nSPS) is 17.3. The number of rotatable bonds is 16. The van der Waals surface area contributed by atoms with Gasteiger partial charge in [-0.2, -0.15) is 0 Å². The highest BCUT2D eigenvalue weighted by molar-refractivity contribution is 7.13. The summed E-state index contributed by atoms with van der Waals surface area (Å²) in [6, 6.07) is 18.7. The highest BCUT2D eigenvalue weighted by Gasteiger charge is 2.45. The van der Waals surface area contributed by atoms with Crippen molar-refractivity contribution in [2.45, 2.75) is 111 Å². The summed E-state index contributed by atoms with van der Waals surface area (Å²) in [4.78, 5) is 66.2. The number of aromatic amines is 1. The van der Waals surface area contributed by atoms with Crippen molar-refractivity contribution in [2.24, 2.45) is 10.4 Å². The van der Waals surface area contributed by atoms with Crippen LogP contribution in [-0.4, -0.2) is 97.0 Å². The van der Waals surface area contributed by atoms with E-state index in [9.17, 15) is 24.3 Å². The number of ether oxygens (including phenoxy) is 1. The number of halogens is 2. The fourth-order valence-electron chi connectivity index (χ4n) is 9.29. The van der Waals surface area contributed by atoms with Crippen LogP contribution in [0.5, 0.6) is 5.75 Å². The molecule has 1 saturated heterocycles. The molecule has 0 unspecified atom stereocenters. The van der Waals surface area contributed by atoms with Gasteiger partial charge in [-0.1, -0.05) is 68.8 Å². The number of hydrogen-bond acceptors (Lipinski definition) is 10. The molecule has 3 aromatic carbocycles. The number of benzene rings is 3. The molecule has 378 valence electrons. The number of aliphatic hydroxyl groups excluding tert-OH is 1. The van der Waals surface area contributed by atoms with E-state index >= 15 is 4.39 Å². The van der Waals surface area contributed by atoms with E-state index in [0.29, 0.717) is 28.1 Å². The summed E-state index contributed by atoms with van der Waals surface area (Å²) in [6.45, 7) is 15.4. The third-order valence-electron chi connectivity index (χ3n) is 13.4. The molecular weight excluding hydrogens is 957 g/mol. The Bertz CT molecular complexity index is 3010. The Hall–Kier alpha value is -6.69. The average Bonchev–Trinajstić information content (AvgIpc) is 4.11. The molecule has 2 aliphatic heterocycles. The van der Waals surface area contributed by atoms with Crippen molar-refractivity contribution in [3.63, 3.8) is 0 Å². The zero-order valence-electron chi connectivity index (χ0n) is 41.7. The number of hydrogen-bond donors (Lipinski definition) is 5. The minimum absolute atomic E-state index is 0.00259. The van der Waals surface area contributed by atoms with Crippen LogP contribution in [0.2, 0.25) is 5.02 Å². The van der Waals surface area contributed by atoms with Crippen molar-refractivity contribution < 1.29 is 33.4 Å². The lowest BCUT2D eigenvalue weighted by molar-refractivity contribution is -0.144. The number of likely N-dealkylation sites (tertiary alicyclic amines) is 1. The molecule has 1 fully saturated rings. The molecule has 0 saturated carbocycles. The molecule has 0 bridgehead atoms. The third-order valence-corrected chi connectivity index (χ3v) is 14.7. The van der Waals surface area contributed by atoms with Crippen molar-refractivity contribution in [3.8, 4) is 22.0 Å². The van der Waals surface area contributed by atoms with Gasteiger partial charge in [0.2, 0.25) is 23.6 Å². The highest BCUT2D eigenvalue weighted by Crippen LogP contribution is 2.36. The molecule has 4 amide bonds. The van der Waals surface area contributed by atoms with E-state index < -0.39 is 53.2 Å². The highest BCUT2D eigenvalue weighted by atomic mass is 35.5. The molecule has 5 atom stereocenters. The van der Waals surface area contributed by atoms with Crippen molar-refractivity contribution >= 4 is 52.3 Å². The average molecular weight is 1020 g/mol. The maximum absolute atomic E-state index is 15.2. The first-order valence-corrected chi connectivity index (χ1v) is 25.4. The molecule has 72 heavy (non-hydrogen) atoms. The smallest absolute Gasteiger partial charge is 0.246 e. The summed E-state index contributed by atoms with van der Waals surface area (Å²) >= 11 is 7.91. The van der Waals surface area contributed by atoms with Crippen LogP contribution in [0.1, 0.15) is 110 Å². The number of carbonyl (C=O) groups is 4. The van der Waals surface area contributed by atoms with Crippen molar-refractivity contribution in [1.29, 1.82) is 0 Å². The van der Waals surface area contributed by atoms with Crippen LogP contribution in [0.25, 0.3) is 16.3 Å². The van der Waals surface area contributed by atoms with Gasteiger partial charge in [-0.15, -0.1) is 21.5 Å². The molecule has 5 heterocycles. The number of H-pyrrole nitrogens is 1. The minimum atomic E-state index is -1.05. The number of aliphatic hydroxyl groups is 1. The predicted octanol–water partition coefficient (Wildman–Crippen LogP) is 8.13. The lowest BCUT2D eigenvalue weighted by Gasteiger charge is -2.35. The van der Waals surface area contributed by atoms with Crippen LogP contribution in [0.15, 0.2) is 83.2 Å². The Labute approximate surface area is 427 Å². The summed E-state index contributed by atoms with van der Waals surface area (Å²) in [5.74, 6) is 0.0819. The zero-order chi connectivity index (χ0) is 51.6. The van der Waals surface area contributed by atoms with Gasteiger partial charge in [0.1, 0.15) is 47.9 Å². The van der Waals surface area contributed by atoms with Crippen LogP contribution in [-0.2, 0) is 25.6 Å². The van der Waals surface area contributed by atoms with E-state index in [1.807, 2.05) is 68.7 Å². The zero-order valence-corrected chi connectivity index (χ0v) is 43.3. The van der Waals surface area contributed by atoms with E-state index in [-0.39, 0.29) is 62.9 Å². The van der Waals surface area contributed by atoms with Gasteiger partial charge in [0.05, 0.1) is 30.8 Å². The van der Waals surface area contributed by atoms with E-state index in [1.54, 1.807) is 44.2 Å². The lowest BCUT2D eigenvalue weighted by Crippen LogP contribution is -2.57. The number of β-amino-alcohol motifs (C(OH)–C–C–N with tert-alkyl or cyclic N) is 1. The van der Waals surface area contributed by atoms with Gasteiger partial charge in [-0.3, -0.25) is 28.7 Å². The van der Waals surface area contributed by atoms with E-state index in [2.05, 4.69) is 49.5 Å². The lowest BCUT2D eigenvalue weighted by atomic mass is 9.85. The molecule has 0 aliphatic carbocycles. The molecule has 6 aromatic rings. The number of nitrogens with one attached hydrogen (secondary N) is 4. The van der Waals surface area contributed by atoms with Gasteiger partial charge in [-0.05, 0) is 116 Å². The van der Waals surface area contributed by atoms with Gasteiger partial charge in [0, 0.05) is 46.1 Å². The fraction of sp³-hybridized carbons (Fsp3) is 0.389. The Morgan fingerprint density at radius 1 is 0.958 bits per heavy atom. The van der Waals surface area contributed by atoms with Crippen molar-refractivity contribution in [1.82, 2.24) is 40.6 Å². The number of aliphatic imine (C=N–C) groups is 1. The van der Waals surface area contributed by atoms with Crippen LogP contribution < -0.4 is 20.7 Å². The number of thiophene rings is 1. The van der Waals surface area contributed by atoms with Crippen LogP contribution in [0.4, 0.5) is 4.39 Å². The summed E-state index contributed by atoms with van der Waals surface area (Å²) < 4.78 is 23.0. The minimum Gasteiger partial charge on any atom is -0.492 e. The van der Waals surface area contributed by atoms with E-state index in [0.717, 1.165) is 39.3 Å². The summed E-state index contributed by atoms with van der Waals surface area (Å²) in [5.41, 5.74) is 7.04. The van der Waals surface area contributed by atoms with E-state index in [1.165, 1.54) is 33.5 Å². The molecule has 18 heteroatoms. The number of aryl methyl sites for hydroxylation is 4. The SMILES string of the molecule is Cc1ccsc1-c1ccc([C@H](C)NC(=O)[C@@H]2C[C@@H](O)CN2C(=O)[C@@H](NC(=O)CCc2cc(OCCNC(=O)C[C@@H]3N=C(c4ccc(Cl)cc4)c4c([nH]c(C)c4C)-n4c(C)nnc43)ccc2F)C(C)(C)C)cc1. The first-order chi connectivity index (χ1) is 34.3. The maximum atomic E-state index is 15.2. The first-order valence-electron chi connectivity index (χ1n) is 24.1.